The number of benzene rings is 2. The molecule has 1 saturated heterocycles. The Morgan fingerprint density at radius 2 is 1.55 bits per heavy atom. The van der Waals surface area contributed by atoms with E-state index in [2.05, 4.69) is 15.5 Å². The van der Waals surface area contributed by atoms with E-state index in [0.717, 1.165) is 38.3 Å². The maximum absolute atomic E-state index is 11.8. The lowest BCUT2D eigenvalue weighted by Gasteiger charge is -2.27. The monoisotopic (exact) mass is 447 g/mol. The summed E-state index contributed by atoms with van der Waals surface area (Å²) in [5, 5.41) is 18.6. The van der Waals surface area contributed by atoms with Crippen molar-refractivity contribution in [3.63, 3.8) is 0 Å². The first kappa shape index (κ1) is 24.2. The summed E-state index contributed by atoms with van der Waals surface area (Å²) >= 11 is -0.157. The van der Waals surface area contributed by atoms with Gasteiger partial charge in [-0.15, -0.1) is 0 Å². The van der Waals surface area contributed by atoms with Crippen LogP contribution in [-0.2, 0) is 13.1 Å². The molecule has 4 N–H and O–H groups in total. The predicted octanol–water partition coefficient (Wildman–Crippen LogP) is 3.46. The number of hydrogen-bond donors (Lipinski definition) is 4. The van der Waals surface area contributed by atoms with Gasteiger partial charge in [-0.05, 0) is 23.3 Å². The summed E-state index contributed by atoms with van der Waals surface area (Å²) in [7, 11) is 0. The van der Waals surface area contributed by atoms with Gasteiger partial charge in [-0.3, -0.25) is 4.90 Å². The molecule has 3 rings (SSSR count). The molecule has 0 radical (unpaired) electrons. The van der Waals surface area contributed by atoms with Gasteiger partial charge in [0.15, 0.2) is 0 Å². The van der Waals surface area contributed by atoms with Crippen LogP contribution in [0.15, 0.2) is 54.6 Å². The minimum Gasteiger partial charge on any atom is -0.473 e. The molecule has 1 amide bonds. The maximum Gasteiger partial charge on any atom is 0.412 e. The Balaban J connectivity index is 0.000000423. The van der Waals surface area contributed by atoms with E-state index in [1.165, 1.54) is 5.56 Å². The summed E-state index contributed by atoms with van der Waals surface area (Å²) in [6.45, 7) is 5.62. The van der Waals surface area contributed by atoms with Crippen LogP contribution in [0.5, 0.6) is 5.75 Å². The average molecular weight is 448 g/mol. The van der Waals surface area contributed by atoms with Crippen LogP contribution >= 0.6 is 11.8 Å². The quantitative estimate of drug-likeness (QED) is 0.545. The van der Waals surface area contributed by atoms with Crippen molar-refractivity contribution < 1.29 is 29.3 Å². The number of thioether (sulfide) groups is 1. The Labute approximate surface area is 184 Å². The van der Waals surface area contributed by atoms with E-state index in [1.54, 1.807) is 0 Å². The number of carboxylic acid groups (broad SMARTS) is 2. The number of hydrogen-bond acceptors (Lipinski definition) is 7. The summed E-state index contributed by atoms with van der Waals surface area (Å²) in [6.07, 6.45) is -0.436. The largest absolute Gasteiger partial charge is 0.473 e. The van der Waals surface area contributed by atoms with Gasteiger partial charge in [-0.1, -0.05) is 42.5 Å². The van der Waals surface area contributed by atoms with E-state index < -0.39 is 16.7 Å². The van der Waals surface area contributed by atoms with Crippen LogP contribution in [0.2, 0.25) is 0 Å². The SMILES string of the molecule is O=C(NCc1ccccc1)Oc1ccc(CN2CCNCC2)cc1.O=C(O)SC(=O)O. The predicted molar refractivity (Wildman–Crippen MR) is 118 cm³/mol. The summed E-state index contributed by atoms with van der Waals surface area (Å²) in [5.74, 6) is 0.560. The van der Waals surface area contributed by atoms with E-state index in [1.807, 2.05) is 54.6 Å². The normalized spacial score (nSPS) is 13.4. The first-order valence-electron chi connectivity index (χ1n) is 9.57. The molecule has 31 heavy (non-hydrogen) atoms. The van der Waals surface area contributed by atoms with E-state index in [4.69, 9.17) is 14.9 Å². The number of rotatable bonds is 5. The van der Waals surface area contributed by atoms with Crippen LogP contribution in [0.25, 0.3) is 0 Å². The zero-order chi connectivity index (χ0) is 22.5. The Morgan fingerprint density at radius 1 is 0.935 bits per heavy atom. The fraction of sp³-hybridized carbons (Fsp3) is 0.286. The van der Waals surface area contributed by atoms with Crippen LogP contribution in [0.4, 0.5) is 14.4 Å². The molecule has 0 atom stereocenters. The highest BCUT2D eigenvalue weighted by atomic mass is 32.2. The number of carbonyl (C=O) groups excluding carboxylic acids is 1. The molecule has 0 spiro atoms. The first-order valence-corrected chi connectivity index (χ1v) is 10.4. The van der Waals surface area contributed by atoms with Gasteiger partial charge in [-0.25, -0.2) is 14.4 Å². The number of amides is 1. The number of ether oxygens (including phenoxy) is 1. The van der Waals surface area contributed by atoms with Gasteiger partial charge in [0.25, 0.3) is 0 Å². The van der Waals surface area contributed by atoms with Crippen molar-refractivity contribution in [2.24, 2.45) is 0 Å². The lowest BCUT2D eigenvalue weighted by atomic mass is 10.2. The lowest BCUT2D eigenvalue weighted by Crippen LogP contribution is -2.42. The highest BCUT2D eigenvalue weighted by molar-refractivity contribution is 8.25. The minimum atomic E-state index is -1.40. The Hall–Kier alpha value is -3.08. The van der Waals surface area contributed by atoms with Crippen molar-refractivity contribution in [3.8, 4) is 5.75 Å². The third kappa shape index (κ3) is 10.5. The molecule has 9 nitrogen and oxygen atoms in total. The highest BCUT2D eigenvalue weighted by Crippen LogP contribution is 2.14. The van der Waals surface area contributed by atoms with Crippen molar-refractivity contribution in [1.82, 2.24) is 15.5 Å². The second-order valence-corrected chi connectivity index (χ2v) is 7.44. The van der Waals surface area contributed by atoms with E-state index in [-0.39, 0.29) is 11.8 Å². The Morgan fingerprint density at radius 3 is 2.10 bits per heavy atom. The molecule has 2 aromatic rings. The van der Waals surface area contributed by atoms with Crippen molar-refractivity contribution in [2.75, 3.05) is 26.2 Å². The van der Waals surface area contributed by atoms with Crippen molar-refractivity contribution in [3.05, 3.63) is 65.7 Å². The summed E-state index contributed by atoms with van der Waals surface area (Å²) in [4.78, 5) is 33.0. The molecular formula is C21H25N3O6S. The molecule has 2 aromatic carbocycles. The molecule has 0 saturated carbocycles. The fourth-order valence-corrected chi connectivity index (χ4v) is 2.93. The molecule has 166 valence electrons. The smallest absolute Gasteiger partial charge is 0.412 e. The number of nitrogens with zero attached hydrogens (tertiary/aromatic N) is 1. The standard InChI is InChI=1S/C19H23N3O2.C2H2O4S/c23-19(21-14-16-4-2-1-3-5-16)24-18-8-6-17(7-9-18)15-22-12-10-20-11-13-22;3-1(4)7-2(5)6/h1-9,20H,10-15H2,(H,21,23);(H,3,4)(H,5,6). The van der Waals surface area contributed by atoms with Crippen LogP contribution in [0, 0.1) is 0 Å². The molecule has 1 aliphatic rings. The van der Waals surface area contributed by atoms with Crippen LogP contribution in [0.3, 0.4) is 0 Å². The molecule has 1 aliphatic heterocycles. The minimum absolute atomic E-state index is 0.157. The van der Waals surface area contributed by atoms with Gasteiger partial charge < -0.3 is 25.6 Å². The molecular weight excluding hydrogens is 422 g/mol. The molecule has 0 bridgehead atoms. The zero-order valence-corrected chi connectivity index (χ0v) is 17.6. The topological polar surface area (TPSA) is 128 Å². The number of piperazine rings is 1. The average Bonchev–Trinajstić information content (AvgIpc) is 2.75. The summed E-state index contributed by atoms with van der Waals surface area (Å²) in [6, 6.07) is 17.5. The van der Waals surface area contributed by atoms with Gasteiger partial charge in [0.2, 0.25) is 0 Å². The summed E-state index contributed by atoms with van der Waals surface area (Å²) in [5.41, 5.74) is 2.27. The van der Waals surface area contributed by atoms with Gasteiger partial charge in [0.05, 0.1) is 11.8 Å². The Bertz CT molecular complexity index is 830. The van der Waals surface area contributed by atoms with Gasteiger partial charge in [-0.2, -0.15) is 0 Å². The van der Waals surface area contributed by atoms with Crippen LogP contribution < -0.4 is 15.4 Å². The molecule has 0 aliphatic carbocycles. The van der Waals surface area contributed by atoms with E-state index in [0.29, 0.717) is 12.3 Å². The summed E-state index contributed by atoms with van der Waals surface area (Å²) < 4.78 is 5.31. The van der Waals surface area contributed by atoms with Crippen LogP contribution in [0.1, 0.15) is 11.1 Å². The second-order valence-electron chi connectivity index (χ2n) is 6.53. The number of nitrogens with one attached hydrogen (secondary N) is 2. The van der Waals surface area contributed by atoms with Gasteiger partial charge >= 0.3 is 16.7 Å². The molecule has 1 fully saturated rings. The third-order valence-corrected chi connectivity index (χ3v) is 4.55. The van der Waals surface area contributed by atoms with Gasteiger partial charge in [0, 0.05) is 39.3 Å². The van der Waals surface area contributed by atoms with E-state index in [9.17, 15) is 14.4 Å². The third-order valence-electron chi connectivity index (χ3n) is 4.20. The molecule has 10 heteroatoms. The zero-order valence-electron chi connectivity index (χ0n) is 16.8. The number of carbonyl (C=O) groups is 3. The molecule has 1 heterocycles. The van der Waals surface area contributed by atoms with Crippen molar-refractivity contribution in [2.45, 2.75) is 13.1 Å². The second kappa shape index (κ2) is 13.3. The molecule has 0 aromatic heterocycles. The van der Waals surface area contributed by atoms with Crippen molar-refractivity contribution >= 4 is 28.5 Å². The Kier molecular flexibility index (Phi) is 10.4. The maximum atomic E-state index is 11.8. The first-order chi connectivity index (χ1) is 14.9. The van der Waals surface area contributed by atoms with Crippen LogP contribution in [-0.4, -0.2) is 58.0 Å². The van der Waals surface area contributed by atoms with E-state index >= 15 is 0 Å². The lowest BCUT2D eigenvalue weighted by molar-refractivity contribution is 0.200. The van der Waals surface area contributed by atoms with Gasteiger partial charge in [0.1, 0.15) is 5.75 Å². The molecule has 0 unspecified atom stereocenters. The van der Waals surface area contributed by atoms with Crippen molar-refractivity contribution in [1.29, 1.82) is 0 Å². The fourth-order valence-electron chi connectivity index (χ4n) is 2.78. The highest BCUT2D eigenvalue weighted by Gasteiger charge is 2.10.